The minimum atomic E-state index is -3.61. The molecule has 0 aliphatic heterocycles. The Labute approximate surface area is 162 Å². The molecule has 2 aromatic carbocycles. The van der Waals surface area contributed by atoms with Gasteiger partial charge in [0, 0.05) is 23.6 Å². The van der Waals surface area contributed by atoms with E-state index in [0.29, 0.717) is 18.0 Å². The number of sulfonamides is 1. The summed E-state index contributed by atoms with van der Waals surface area (Å²) in [6.07, 6.45) is 1.08. The monoisotopic (exact) mass is 440 g/mol. The van der Waals surface area contributed by atoms with Gasteiger partial charge < -0.3 is 9.64 Å². The van der Waals surface area contributed by atoms with E-state index in [1.54, 1.807) is 38.4 Å². The Balaban J connectivity index is 2.19. The number of hydrogen-bond donors (Lipinski definition) is 0. The SMILES string of the molecule is COc1ccccc1CN(C)C(=O)CN(c1cccc(Br)c1)S(C)(=O)=O. The molecule has 0 spiro atoms. The lowest BCUT2D eigenvalue weighted by molar-refractivity contribution is -0.128. The quantitative estimate of drug-likeness (QED) is 0.663. The van der Waals surface area contributed by atoms with Crippen molar-refractivity contribution in [3.63, 3.8) is 0 Å². The highest BCUT2D eigenvalue weighted by Crippen LogP contribution is 2.23. The zero-order valence-electron chi connectivity index (χ0n) is 14.8. The van der Waals surface area contributed by atoms with E-state index in [-0.39, 0.29) is 12.5 Å². The molecular weight excluding hydrogens is 420 g/mol. The summed E-state index contributed by atoms with van der Waals surface area (Å²) in [5, 5.41) is 0. The molecule has 8 heteroatoms. The zero-order chi connectivity index (χ0) is 19.3. The average molecular weight is 441 g/mol. The molecule has 0 radical (unpaired) electrons. The van der Waals surface area contributed by atoms with Gasteiger partial charge >= 0.3 is 0 Å². The maximum absolute atomic E-state index is 12.6. The van der Waals surface area contributed by atoms with Gasteiger partial charge in [-0.3, -0.25) is 9.10 Å². The number of benzene rings is 2. The van der Waals surface area contributed by atoms with Gasteiger partial charge in [0.25, 0.3) is 0 Å². The summed E-state index contributed by atoms with van der Waals surface area (Å²) >= 11 is 3.32. The first-order chi connectivity index (χ1) is 12.2. The second kappa shape index (κ2) is 8.55. The van der Waals surface area contributed by atoms with Crippen molar-refractivity contribution in [1.82, 2.24) is 4.90 Å². The van der Waals surface area contributed by atoms with Crippen molar-refractivity contribution in [2.75, 3.05) is 31.3 Å². The number of ether oxygens (including phenoxy) is 1. The molecule has 6 nitrogen and oxygen atoms in total. The molecule has 0 aromatic heterocycles. The first-order valence-electron chi connectivity index (χ1n) is 7.81. The summed E-state index contributed by atoms with van der Waals surface area (Å²) in [6.45, 7) is 0.0415. The number of rotatable bonds is 7. The number of carbonyl (C=O) groups is 1. The van der Waals surface area contributed by atoms with Crippen LogP contribution in [0, 0.1) is 0 Å². The molecular formula is C18H21BrN2O4S. The third-order valence-corrected chi connectivity index (χ3v) is 5.44. The van der Waals surface area contributed by atoms with Crippen LogP contribution in [0.15, 0.2) is 53.0 Å². The van der Waals surface area contributed by atoms with Crippen molar-refractivity contribution in [3.8, 4) is 5.75 Å². The fraction of sp³-hybridized carbons (Fsp3) is 0.278. The average Bonchev–Trinajstić information content (AvgIpc) is 2.58. The number of halogens is 1. The topological polar surface area (TPSA) is 66.9 Å². The smallest absolute Gasteiger partial charge is 0.243 e. The Morgan fingerprint density at radius 1 is 1.15 bits per heavy atom. The zero-order valence-corrected chi connectivity index (χ0v) is 17.2. The van der Waals surface area contributed by atoms with Gasteiger partial charge in [-0.2, -0.15) is 0 Å². The fourth-order valence-corrected chi connectivity index (χ4v) is 3.68. The van der Waals surface area contributed by atoms with Gasteiger partial charge in [-0.05, 0) is 24.3 Å². The van der Waals surface area contributed by atoms with E-state index in [2.05, 4.69) is 15.9 Å². The van der Waals surface area contributed by atoms with Crippen molar-refractivity contribution in [2.45, 2.75) is 6.54 Å². The molecule has 0 aliphatic carbocycles. The van der Waals surface area contributed by atoms with Crippen LogP contribution in [-0.2, 0) is 21.4 Å². The van der Waals surface area contributed by atoms with Crippen LogP contribution in [0.2, 0.25) is 0 Å². The van der Waals surface area contributed by atoms with Crippen LogP contribution in [0.3, 0.4) is 0 Å². The second-order valence-corrected chi connectivity index (χ2v) is 8.63. The molecule has 0 N–H and O–H groups in total. The summed E-state index contributed by atoms with van der Waals surface area (Å²) in [4.78, 5) is 14.1. The van der Waals surface area contributed by atoms with Crippen LogP contribution in [0.4, 0.5) is 5.69 Å². The van der Waals surface area contributed by atoms with Crippen LogP contribution >= 0.6 is 15.9 Å². The number of hydrogen-bond acceptors (Lipinski definition) is 4. The standard InChI is InChI=1S/C18H21BrN2O4S/c1-20(12-14-7-4-5-10-17(14)25-2)18(22)13-21(26(3,23)24)16-9-6-8-15(19)11-16/h4-11H,12-13H2,1-3H3. The normalized spacial score (nSPS) is 11.1. The summed E-state index contributed by atoms with van der Waals surface area (Å²) in [5.41, 5.74) is 1.28. The van der Waals surface area contributed by atoms with E-state index < -0.39 is 10.0 Å². The van der Waals surface area contributed by atoms with Crippen molar-refractivity contribution in [1.29, 1.82) is 0 Å². The summed E-state index contributed by atoms with van der Waals surface area (Å²) in [5.74, 6) is 0.361. The summed E-state index contributed by atoms with van der Waals surface area (Å²) in [6, 6.07) is 14.2. The van der Waals surface area contributed by atoms with Gasteiger partial charge in [-0.25, -0.2) is 8.42 Å². The number of para-hydroxylation sites is 1. The van der Waals surface area contributed by atoms with Gasteiger partial charge in [0.1, 0.15) is 12.3 Å². The summed E-state index contributed by atoms with van der Waals surface area (Å²) in [7, 11) is -0.405. The van der Waals surface area contributed by atoms with E-state index in [0.717, 1.165) is 20.6 Å². The highest BCUT2D eigenvalue weighted by atomic mass is 79.9. The van der Waals surface area contributed by atoms with Crippen LogP contribution < -0.4 is 9.04 Å². The maximum Gasteiger partial charge on any atom is 0.243 e. The fourth-order valence-electron chi connectivity index (χ4n) is 2.45. The predicted octanol–water partition coefficient (Wildman–Crippen LogP) is 2.88. The Morgan fingerprint density at radius 2 is 1.85 bits per heavy atom. The number of nitrogens with zero attached hydrogens (tertiary/aromatic N) is 2. The number of amides is 1. The molecule has 0 bridgehead atoms. The Bertz CT molecular complexity index is 886. The highest BCUT2D eigenvalue weighted by Gasteiger charge is 2.23. The van der Waals surface area contributed by atoms with Gasteiger partial charge in [0.05, 0.1) is 19.1 Å². The number of anilines is 1. The molecule has 0 aliphatic rings. The Hall–Kier alpha value is -2.06. The number of likely N-dealkylation sites (N-methyl/N-ethyl adjacent to an activating group) is 1. The molecule has 0 heterocycles. The lowest BCUT2D eigenvalue weighted by Crippen LogP contribution is -2.41. The van der Waals surface area contributed by atoms with E-state index in [4.69, 9.17) is 4.74 Å². The van der Waals surface area contributed by atoms with Crippen LogP contribution in [0.25, 0.3) is 0 Å². The van der Waals surface area contributed by atoms with Crippen molar-refractivity contribution < 1.29 is 17.9 Å². The third kappa shape index (κ3) is 5.22. The van der Waals surface area contributed by atoms with E-state index in [1.807, 2.05) is 24.3 Å². The van der Waals surface area contributed by atoms with Gasteiger partial charge in [0.2, 0.25) is 15.9 Å². The van der Waals surface area contributed by atoms with Crippen LogP contribution in [0.5, 0.6) is 5.75 Å². The van der Waals surface area contributed by atoms with Crippen molar-refractivity contribution in [2.24, 2.45) is 0 Å². The highest BCUT2D eigenvalue weighted by molar-refractivity contribution is 9.10. The molecule has 2 rings (SSSR count). The second-order valence-electron chi connectivity index (χ2n) is 5.81. The maximum atomic E-state index is 12.6. The minimum absolute atomic E-state index is 0.277. The molecule has 140 valence electrons. The lowest BCUT2D eigenvalue weighted by atomic mass is 10.2. The van der Waals surface area contributed by atoms with Gasteiger partial charge in [0.15, 0.2) is 0 Å². The van der Waals surface area contributed by atoms with Gasteiger partial charge in [-0.1, -0.05) is 40.2 Å². The number of methoxy groups -OCH3 is 1. The molecule has 0 saturated carbocycles. The molecule has 0 atom stereocenters. The molecule has 26 heavy (non-hydrogen) atoms. The van der Waals surface area contributed by atoms with Gasteiger partial charge in [-0.15, -0.1) is 0 Å². The van der Waals surface area contributed by atoms with Crippen molar-refractivity contribution in [3.05, 3.63) is 58.6 Å². The third-order valence-electron chi connectivity index (χ3n) is 3.80. The molecule has 0 fully saturated rings. The molecule has 0 saturated heterocycles. The first-order valence-corrected chi connectivity index (χ1v) is 10.5. The van der Waals surface area contributed by atoms with Crippen LogP contribution in [-0.4, -0.2) is 46.2 Å². The van der Waals surface area contributed by atoms with Crippen molar-refractivity contribution >= 4 is 37.5 Å². The first kappa shape index (κ1) is 20.3. The molecule has 1 amide bonds. The predicted molar refractivity (Wildman–Crippen MR) is 106 cm³/mol. The van der Waals surface area contributed by atoms with E-state index in [9.17, 15) is 13.2 Å². The Kier molecular flexibility index (Phi) is 6.66. The van der Waals surface area contributed by atoms with Crippen LogP contribution in [0.1, 0.15) is 5.56 Å². The molecule has 2 aromatic rings. The van der Waals surface area contributed by atoms with E-state index in [1.165, 1.54) is 4.90 Å². The summed E-state index contributed by atoms with van der Waals surface area (Å²) < 4.78 is 31.5. The Morgan fingerprint density at radius 3 is 2.46 bits per heavy atom. The number of carbonyl (C=O) groups excluding carboxylic acids is 1. The largest absolute Gasteiger partial charge is 0.496 e. The van der Waals surface area contributed by atoms with E-state index >= 15 is 0 Å². The lowest BCUT2D eigenvalue weighted by Gasteiger charge is -2.25. The molecule has 0 unspecified atom stereocenters. The minimum Gasteiger partial charge on any atom is -0.496 e.